The molecule has 2 aromatic rings. The molecule has 0 aliphatic carbocycles. The molecule has 0 aliphatic heterocycles. The van der Waals surface area contributed by atoms with E-state index in [1.165, 1.54) is 0 Å². The van der Waals surface area contributed by atoms with Crippen LogP contribution in [-0.4, -0.2) is 10.6 Å². The Bertz CT molecular complexity index is 542. The van der Waals surface area contributed by atoms with E-state index in [0.29, 0.717) is 0 Å². The second-order valence-electron chi connectivity index (χ2n) is 4.47. The Hall–Kier alpha value is -1.77. The van der Waals surface area contributed by atoms with Crippen LogP contribution < -0.4 is 5.43 Å². The van der Waals surface area contributed by atoms with Crippen molar-refractivity contribution in [2.45, 2.75) is 27.2 Å². The van der Waals surface area contributed by atoms with Crippen LogP contribution in [0.3, 0.4) is 0 Å². The third kappa shape index (κ3) is 2.18. The molecule has 0 fully saturated rings. The predicted molar refractivity (Wildman–Crippen MR) is 70.5 cm³/mol. The zero-order valence-corrected chi connectivity index (χ0v) is 10.5. The number of para-hydroxylation sites is 1. The summed E-state index contributed by atoms with van der Waals surface area (Å²) in [6.07, 6.45) is 0.851. The van der Waals surface area contributed by atoms with Crippen LogP contribution in [0, 0.1) is 12.8 Å². The molecule has 3 nitrogen and oxygen atoms in total. The molecule has 0 spiro atoms. The van der Waals surface area contributed by atoms with Crippen LogP contribution in [0.25, 0.3) is 10.9 Å². The van der Waals surface area contributed by atoms with Gasteiger partial charge in [0.2, 0.25) is 5.91 Å². The summed E-state index contributed by atoms with van der Waals surface area (Å²) in [6.45, 7) is 5.96. The van der Waals surface area contributed by atoms with Gasteiger partial charge in [0.15, 0.2) is 0 Å². The fourth-order valence-corrected chi connectivity index (χ4v) is 1.85. The summed E-state index contributed by atoms with van der Waals surface area (Å²) in [7, 11) is 0. The van der Waals surface area contributed by atoms with Crippen molar-refractivity contribution in [2.75, 3.05) is 5.43 Å². The number of carbonyl (C=O) groups excluding carboxylic acids is 1. The molecule has 1 amide bonds. The Morgan fingerprint density at radius 2 is 2.12 bits per heavy atom. The zero-order valence-electron chi connectivity index (χ0n) is 10.5. The quantitative estimate of drug-likeness (QED) is 0.863. The first kappa shape index (κ1) is 11.7. The average molecular weight is 230 g/mol. The minimum atomic E-state index is 0.0376. The summed E-state index contributed by atoms with van der Waals surface area (Å²) in [5, 5.41) is 1.15. The maximum Gasteiger partial charge on any atom is 0.241 e. The molecule has 90 valence electrons. The highest BCUT2D eigenvalue weighted by Gasteiger charge is 2.13. The topological polar surface area (TPSA) is 34.0 Å². The standard InChI is InChI=1S/C14H18N2O/c1-4-10(2)14(17)15-16-11(3)9-12-7-5-6-8-13(12)16/h5-10H,4H2,1-3H3,(H,15,17). The van der Waals surface area contributed by atoms with Gasteiger partial charge >= 0.3 is 0 Å². The zero-order chi connectivity index (χ0) is 12.4. The van der Waals surface area contributed by atoms with Gasteiger partial charge in [-0.2, -0.15) is 0 Å². The molecule has 17 heavy (non-hydrogen) atoms. The Morgan fingerprint density at radius 3 is 2.82 bits per heavy atom. The molecule has 1 aromatic carbocycles. The van der Waals surface area contributed by atoms with Crippen molar-refractivity contribution in [3.63, 3.8) is 0 Å². The third-order valence-electron chi connectivity index (χ3n) is 3.18. The number of carbonyl (C=O) groups is 1. The van der Waals surface area contributed by atoms with E-state index in [-0.39, 0.29) is 11.8 Å². The van der Waals surface area contributed by atoms with Crippen LogP contribution in [0.2, 0.25) is 0 Å². The van der Waals surface area contributed by atoms with Gasteiger partial charge in [-0.15, -0.1) is 0 Å². The molecule has 0 radical (unpaired) electrons. The number of amides is 1. The first-order chi connectivity index (χ1) is 8.13. The van der Waals surface area contributed by atoms with Gasteiger partial charge in [0, 0.05) is 17.0 Å². The van der Waals surface area contributed by atoms with E-state index in [0.717, 1.165) is 23.0 Å². The van der Waals surface area contributed by atoms with E-state index in [9.17, 15) is 4.79 Å². The number of hydrogen-bond donors (Lipinski definition) is 1. The van der Waals surface area contributed by atoms with E-state index in [2.05, 4.69) is 11.5 Å². The second kappa shape index (κ2) is 4.62. The van der Waals surface area contributed by atoms with Crippen LogP contribution in [0.5, 0.6) is 0 Å². The van der Waals surface area contributed by atoms with Gasteiger partial charge in [0.25, 0.3) is 0 Å². The fraction of sp³-hybridized carbons (Fsp3) is 0.357. The number of rotatable bonds is 3. The highest BCUT2D eigenvalue weighted by molar-refractivity contribution is 5.89. The van der Waals surface area contributed by atoms with Crippen molar-refractivity contribution in [3.8, 4) is 0 Å². The predicted octanol–water partition coefficient (Wildman–Crippen LogP) is 3.07. The minimum absolute atomic E-state index is 0.0376. The van der Waals surface area contributed by atoms with Gasteiger partial charge in [-0.3, -0.25) is 14.9 Å². The molecule has 0 bridgehead atoms. The Morgan fingerprint density at radius 1 is 1.41 bits per heavy atom. The van der Waals surface area contributed by atoms with E-state index < -0.39 is 0 Å². The lowest BCUT2D eigenvalue weighted by Gasteiger charge is -2.13. The molecule has 3 heteroatoms. The fourth-order valence-electron chi connectivity index (χ4n) is 1.85. The van der Waals surface area contributed by atoms with Gasteiger partial charge in [-0.25, -0.2) is 0 Å². The summed E-state index contributed by atoms with van der Waals surface area (Å²) >= 11 is 0. The van der Waals surface area contributed by atoms with Crippen LogP contribution in [0.15, 0.2) is 30.3 Å². The lowest BCUT2D eigenvalue weighted by Crippen LogP contribution is -2.28. The van der Waals surface area contributed by atoms with E-state index in [4.69, 9.17) is 0 Å². The summed E-state index contributed by atoms with van der Waals surface area (Å²) in [5.41, 5.74) is 5.05. The molecular formula is C14H18N2O. The first-order valence-electron chi connectivity index (χ1n) is 6.01. The monoisotopic (exact) mass is 230 g/mol. The second-order valence-corrected chi connectivity index (χ2v) is 4.47. The molecule has 0 saturated heterocycles. The highest BCUT2D eigenvalue weighted by atomic mass is 16.2. The summed E-state index contributed by atoms with van der Waals surface area (Å²) in [4.78, 5) is 11.9. The van der Waals surface area contributed by atoms with Gasteiger partial charge in [0.05, 0.1) is 5.52 Å². The van der Waals surface area contributed by atoms with Crippen molar-refractivity contribution in [1.29, 1.82) is 0 Å². The maximum atomic E-state index is 11.9. The summed E-state index contributed by atoms with van der Waals surface area (Å²) in [6, 6.07) is 10.1. The molecule has 1 aromatic heterocycles. The number of aromatic nitrogens is 1. The van der Waals surface area contributed by atoms with Crippen LogP contribution >= 0.6 is 0 Å². The molecule has 1 N–H and O–H groups in total. The number of nitrogens with zero attached hydrogens (tertiary/aromatic N) is 1. The van der Waals surface area contributed by atoms with Crippen molar-refractivity contribution in [1.82, 2.24) is 4.68 Å². The summed E-state index contributed by atoms with van der Waals surface area (Å²) in [5.74, 6) is 0.104. The Labute approximate surface area is 101 Å². The van der Waals surface area contributed by atoms with E-state index in [1.54, 1.807) is 0 Å². The largest absolute Gasteiger partial charge is 0.273 e. The highest BCUT2D eigenvalue weighted by Crippen LogP contribution is 2.18. The van der Waals surface area contributed by atoms with Crippen molar-refractivity contribution in [2.24, 2.45) is 5.92 Å². The molecule has 0 aliphatic rings. The van der Waals surface area contributed by atoms with Crippen LogP contribution in [-0.2, 0) is 4.79 Å². The third-order valence-corrected chi connectivity index (χ3v) is 3.18. The van der Waals surface area contributed by atoms with E-state index in [1.807, 2.05) is 49.7 Å². The van der Waals surface area contributed by atoms with Crippen LogP contribution in [0.1, 0.15) is 26.0 Å². The lowest BCUT2D eigenvalue weighted by molar-refractivity contribution is -0.120. The average Bonchev–Trinajstić information content (AvgIpc) is 2.65. The normalized spacial score (nSPS) is 12.6. The molecule has 1 atom stereocenters. The van der Waals surface area contributed by atoms with E-state index >= 15 is 0 Å². The van der Waals surface area contributed by atoms with Crippen molar-refractivity contribution in [3.05, 3.63) is 36.0 Å². The molecule has 0 saturated carbocycles. The number of fused-ring (bicyclic) bond motifs is 1. The number of hydrogen-bond acceptors (Lipinski definition) is 1. The van der Waals surface area contributed by atoms with Crippen molar-refractivity contribution >= 4 is 16.8 Å². The molecule has 2 rings (SSSR count). The number of benzene rings is 1. The lowest BCUT2D eigenvalue weighted by atomic mass is 10.1. The Kier molecular flexibility index (Phi) is 3.18. The number of nitrogens with one attached hydrogen (secondary N) is 1. The summed E-state index contributed by atoms with van der Waals surface area (Å²) < 4.78 is 1.86. The maximum absolute atomic E-state index is 11.9. The first-order valence-corrected chi connectivity index (χ1v) is 6.01. The minimum Gasteiger partial charge on any atom is -0.273 e. The van der Waals surface area contributed by atoms with Gasteiger partial charge in [-0.1, -0.05) is 32.0 Å². The molecule has 1 unspecified atom stereocenters. The Balaban J connectivity index is 2.35. The molecular weight excluding hydrogens is 212 g/mol. The van der Waals surface area contributed by atoms with Crippen molar-refractivity contribution < 1.29 is 4.79 Å². The van der Waals surface area contributed by atoms with Gasteiger partial charge in [-0.05, 0) is 25.5 Å². The van der Waals surface area contributed by atoms with Gasteiger partial charge < -0.3 is 0 Å². The molecule has 1 heterocycles. The van der Waals surface area contributed by atoms with Crippen LogP contribution in [0.4, 0.5) is 0 Å². The SMILES string of the molecule is CCC(C)C(=O)Nn1c(C)cc2ccccc21. The smallest absolute Gasteiger partial charge is 0.241 e. The number of aryl methyl sites for hydroxylation is 1. The van der Waals surface area contributed by atoms with Gasteiger partial charge in [0.1, 0.15) is 0 Å².